The molecule has 2 rings (SSSR count). The predicted octanol–water partition coefficient (Wildman–Crippen LogP) is 7.50. The number of rotatable bonds is 4. The van der Waals surface area contributed by atoms with E-state index in [4.69, 9.17) is 0 Å². The lowest BCUT2D eigenvalue weighted by atomic mass is 9.84. The molecule has 0 atom stereocenters. The molecular formula is C25H43NO. The van der Waals surface area contributed by atoms with E-state index in [2.05, 4.69) is 31.3 Å². The van der Waals surface area contributed by atoms with Gasteiger partial charge < -0.3 is 5.32 Å². The molecule has 0 radical (unpaired) electrons. The van der Waals surface area contributed by atoms with Gasteiger partial charge in [-0.3, -0.25) is 4.79 Å². The molecule has 0 aliphatic carbocycles. The summed E-state index contributed by atoms with van der Waals surface area (Å²) in [5.41, 5.74) is 1.85. The maximum absolute atomic E-state index is 12.0. The van der Waals surface area contributed by atoms with Gasteiger partial charge in [-0.1, -0.05) is 118 Å². The summed E-state index contributed by atoms with van der Waals surface area (Å²) in [6.45, 7) is 20.9. The molecule has 0 aliphatic heterocycles. The van der Waals surface area contributed by atoms with Crippen LogP contribution in [-0.2, 0) is 5.41 Å². The summed E-state index contributed by atoms with van der Waals surface area (Å²) in [6, 6.07) is 19.5. The number of carbonyl (C=O) groups excluding carboxylic acids is 1. The molecule has 0 heterocycles. The highest BCUT2D eigenvalue weighted by Crippen LogP contribution is 2.21. The highest BCUT2D eigenvalue weighted by molar-refractivity contribution is 5.94. The van der Waals surface area contributed by atoms with Crippen LogP contribution < -0.4 is 5.32 Å². The summed E-state index contributed by atoms with van der Waals surface area (Å²) in [7, 11) is 0. The van der Waals surface area contributed by atoms with Crippen LogP contribution in [-0.4, -0.2) is 12.5 Å². The van der Waals surface area contributed by atoms with Gasteiger partial charge in [0.25, 0.3) is 5.91 Å². The highest BCUT2D eigenvalue weighted by atomic mass is 16.1. The van der Waals surface area contributed by atoms with Crippen LogP contribution in [0.1, 0.15) is 85.2 Å². The first kappa shape index (κ1) is 29.7. The Bertz CT molecular complexity index is 533. The fraction of sp³-hybridized carbons (Fsp3) is 0.480. The molecule has 1 amide bonds. The van der Waals surface area contributed by atoms with E-state index in [0.29, 0.717) is 12.1 Å². The van der Waals surface area contributed by atoms with E-state index < -0.39 is 0 Å². The minimum absolute atomic E-state index is 0.0235. The Balaban J connectivity index is -0.000000638. The first-order valence-electron chi connectivity index (χ1n) is 10.5. The minimum Gasteiger partial charge on any atom is -0.351 e. The van der Waals surface area contributed by atoms with E-state index >= 15 is 0 Å². The number of benzene rings is 2. The maximum Gasteiger partial charge on any atom is 0.251 e. The zero-order valence-electron chi connectivity index (χ0n) is 19.4. The van der Waals surface area contributed by atoms with E-state index in [1.54, 1.807) is 0 Å². The fourth-order valence-corrected chi connectivity index (χ4v) is 1.98. The number of nitrogens with one attached hydrogen (secondary N) is 1. The van der Waals surface area contributed by atoms with E-state index in [-0.39, 0.29) is 11.3 Å². The van der Waals surface area contributed by atoms with Crippen molar-refractivity contribution in [2.24, 2.45) is 0 Å². The van der Waals surface area contributed by atoms with Gasteiger partial charge >= 0.3 is 0 Å². The molecule has 2 heteroatoms. The van der Waals surface area contributed by atoms with Gasteiger partial charge in [0.2, 0.25) is 0 Å². The monoisotopic (exact) mass is 373 g/mol. The van der Waals surface area contributed by atoms with Crippen LogP contribution in [0.2, 0.25) is 0 Å². The summed E-state index contributed by atoms with van der Waals surface area (Å²) in [5.74, 6) is -0.0235. The maximum atomic E-state index is 12.0. The van der Waals surface area contributed by atoms with Crippen molar-refractivity contribution in [2.45, 2.75) is 74.7 Å². The largest absolute Gasteiger partial charge is 0.351 e. The molecule has 0 saturated carbocycles. The van der Waals surface area contributed by atoms with Crippen molar-refractivity contribution in [2.75, 3.05) is 6.54 Å². The molecule has 154 valence electrons. The van der Waals surface area contributed by atoms with Crippen LogP contribution in [0.4, 0.5) is 0 Å². The van der Waals surface area contributed by atoms with Crippen LogP contribution >= 0.6 is 0 Å². The second kappa shape index (κ2) is 20.2. The first-order valence-corrected chi connectivity index (χ1v) is 10.5. The van der Waals surface area contributed by atoms with Gasteiger partial charge in [-0.2, -0.15) is 0 Å². The lowest BCUT2D eigenvalue weighted by molar-refractivity contribution is 0.0945. The summed E-state index contributed by atoms with van der Waals surface area (Å²) in [4.78, 5) is 12.0. The Morgan fingerprint density at radius 3 is 1.48 bits per heavy atom. The molecular weight excluding hydrogens is 330 g/mol. The molecule has 0 saturated heterocycles. The van der Waals surface area contributed by atoms with Gasteiger partial charge in [0.15, 0.2) is 0 Å². The second-order valence-electron chi connectivity index (χ2n) is 5.30. The Hall–Kier alpha value is -2.09. The molecule has 0 spiro atoms. The zero-order valence-corrected chi connectivity index (χ0v) is 19.4. The number of amides is 1. The summed E-state index contributed by atoms with van der Waals surface area (Å²) in [6.07, 6.45) is 0. The van der Waals surface area contributed by atoms with Crippen molar-refractivity contribution in [3.63, 3.8) is 0 Å². The molecule has 2 aromatic rings. The average molecular weight is 374 g/mol. The zero-order chi connectivity index (χ0) is 21.7. The Kier molecular flexibility index (Phi) is 22.2. The van der Waals surface area contributed by atoms with E-state index in [9.17, 15) is 4.79 Å². The van der Waals surface area contributed by atoms with Crippen molar-refractivity contribution < 1.29 is 4.79 Å². The third kappa shape index (κ3) is 12.8. The summed E-state index contributed by atoms with van der Waals surface area (Å²) < 4.78 is 0. The number of hydrogen-bond donors (Lipinski definition) is 1. The van der Waals surface area contributed by atoms with E-state index in [1.807, 2.05) is 104 Å². The molecule has 0 aliphatic rings. The van der Waals surface area contributed by atoms with Crippen LogP contribution in [0.3, 0.4) is 0 Å². The third-order valence-electron chi connectivity index (χ3n) is 3.28. The van der Waals surface area contributed by atoms with Gasteiger partial charge in [0.05, 0.1) is 0 Å². The first-order chi connectivity index (χ1) is 13.1. The van der Waals surface area contributed by atoms with Crippen LogP contribution in [0.5, 0.6) is 0 Å². The standard InChI is InChI=1S/C17H19NO.4C2H6/c1-17(2,15-11-7-4-8-12-15)13-18-16(19)14-9-5-3-6-10-14;4*1-2/h3-12H,13H2,1-2H3,(H,18,19);4*1-2H3. The van der Waals surface area contributed by atoms with Crippen LogP contribution in [0, 0.1) is 0 Å². The third-order valence-corrected chi connectivity index (χ3v) is 3.28. The lowest BCUT2D eigenvalue weighted by Crippen LogP contribution is -2.36. The predicted molar refractivity (Wildman–Crippen MR) is 124 cm³/mol. The highest BCUT2D eigenvalue weighted by Gasteiger charge is 2.21. The SMILES string of the molecule is CC.CC.CC.CC.CC(C)(CNC(=O)c1ccccc1)c1ccccc1. The second-order valence-corrected chi connectivity index (χ2v) is 5.30. The Morgan fingerprint density at radius 2 is 1.07 bits per heavy atom. The Morgan fingerprint density at radius 1 is 0.704 bits per heavy atom. The van der Waals surface area contributed by atoms with Crippen LogP contribution in [0.15, 0.2) is 60.7 Å². The van der Waals surface area contributed by atoms with Gasteiger partial charge in [-0.05, 0) is 17.7 Å². The van der Waals surface area contributed by atoms with Crippen molar-refractivity contribution in [3.8, 4) is 0 Å². The molecule has 0 fully saturated rings. The van der Waals surface area contributed by atoms with Gasteiger partial charge in [-0.15, -0.1) is 0 Å². The van der Waals surface area contributed by atoms with Gasteiger partial charge in [-0.25, -0.2) is 0 Å². The fourth-order valence-electron chi connectivity index (χ4n) is 1.98. The molecule has 0 aromatic heterocycles. The lowest BCUT2D eigenvalue weighted by Gasteiger charge is -2.25. The quantitative estimate of drug-likeness (QED) is 0.590. The molecule has 0 bridgehead atoms. The number of hydrogen-bond acceptors (Lipinski definition) is 1. The molecule has 2 aromatic carbocycles. The Labute approximate surface area is 169 Å². The summed E-state index contributed by atoms with van der Waals surface area (Å²) in [5, 5.41) is 3.00. The van der Waals surface area contributed by atoms with E-state index in [0.717, 1.165) is 0 Å². The van der Waals surface area contributed by atoms with Crippen molar-refractivity contribution in [3.05, 3.63) is 71.8 Å². The topological polar surface area (TPSA) is 29.1 Å². The molecule has 2 nitrogen and oxygen atoms in total. The van der Waals surface area contributed by atoms with Crippen molar-refractivity contribution in [1.82, 2.24) is 5.32 Å². The molecule has 27 heavy (non-hydrogen) atoms. The van der Waals surface area contributed by atoms with E-state index in [1.165, 1.54) is 5.56 Å². The summed E-state index contributed by atoms with van der Waals surface area (Å²) >= 11 is 0. The molecule has 1 N–H and O–H groups in total. The average Bonchev–Trinajstić information content (AvgIpc) is 2.79. The number of carbonyl (C=O) groups is 1. The van der Waals surface area contributed by atoms with Crippen molar-refractivity contribution in [1.29, 1.82) is 0 Å². The smallest absolute Gasteiger partial charge is 0.251 e. The van der Waals surface area contributed by atoms with Gasteiger partial charge in [0.1, 0.15) is 0 Å². The van der Waals surface area contributed by atoms with Crippen molar-refractivity contribution >= 4 is 5.91 Å². The van der Waals surface area contributed by atoms with Crippen LogP contribution in [0.25, 0.3) is 0 Å². The van der Waals surface area contributed by atoms with Gasteiger partial charge in [0, 0.05) is 17.5 Å². The molecule has 0 unspecified atom stereocenters. The normalized spacial score (nSPS) is 8.67. The minimum atomic E-state index is -0.0777.